The first-order valence-corrected chi connectivity index (χ1v) is 24.2. The van der Waals surface area contributed by atoms with Gasteiger partial charge in [0, 0.05) is 46.1 Å². The zero-order valence-electron chi connectivity index (χ0n) is 39.9. The number of benzene rings is 3. The molecular formula is C50H63FN10O8. The van der Waals surface area contributed by atoms with Crippen LogP contribution in [0, 0.1) is 5.82 Å². The summed E-state index contributed by atoms with van der Waals surface area (Å²) in [5.41, 5.74) is 6.56. The van der Waals surface area contributed by atoms with Gasteiger partial charge >= 0.3 is 12.2 Å². The fourth-order valence-corrected chi connectivity index (χ4v) is 11.0. The largest absolute Gasteiger partial charge is 0.465 e. The van der Waals surface area contributed by atoms with Crippen molar-refractivity contribution < 1.29 is 42.9 Å². The molecule has 69 heavy (non-hydrogen) atoms. The summed E-state index contributed by atoms with van der Waals surface area (Å²) >= 11 is 0. The minimum Gasteiger partial charge on any atom is -0.465 e. The van der Waals surface area contributed by atoms with Gasteiger partial charge in [0.25, 0.3) is 0 Å². The smallest absolute Gasteiger partial charge is 0.407 e. The summed E-state index contributed by atoms with van der Waals surface area (Å²) < 4.78 is 32.1. The van der Waals surface area contributed by atoms with E-state index in [0.717, 1.165) is 96.9 Å². The molecule has 0 aliphatic carbocycles. The molecule has 19 heteroatoms. The van der Waals surface area contributed by atoms with Crippen LogP contribution in [0.3, 0.4) is 0 Å². The van der Waals surface area contributed by atoms with E-state index < -0.39 is 36.5 Å². The average Bonchev–Trinajstić information content (AvgIpc) is 4.23. The van der Waals surface area contributed by atoms with E-state index in [1.807, 2.05) is 24.3 Å². The van der Waals surface area contributed by atoms with Gasteiger partial charge in [0.2, 0.25) is 11.8 Å². The van der Waals surface area contributed by atoms with Crippen molar-refractivity contribution in [2.24, 2.45) is 0 Å². The highest BCUT2D eigenvalue weighted by Crippen LogP contribution is 2.48. The molecule has 5 aromatic rings. The third-order valence-electron chi connectivity index (χ3n) is 14.8. The summed E-state index contributed by atoms with van der Waals surface area (Å²) in [5.74, 6) is 0.392. The van der Waals surface area contributed by atoms with Crippen molar-refractivity contribution in [2.45, 2.75) is 120 Å². The average molecular weight is 951 g/mol. The van der Waals surface area contributed by atoms with Crippen molar-refractivity contribution in [1.29, 1.82) is 0 Å². The lowest BCUT2D eigenvalue weighted by atomic mass is 10.0. The Kier molecular flexibility index (Phi) is 14.0. The second-order valence-corrected chi connectivity index (χ2v) is 18.8. The van der Waals surface area contributed by atoms with Crippen LogP contribution in [0.2, 0.25) is 0 Å². The molecule has 6 heterocycles. The highest BCUT2D eigenvalue weighted by Gasteiger charge is 2.41. The van der Waals surface area contributed by atoms with Gasteiger partial charge in [-0.1, -0.05) is 12.1 Å². The number of methoxy groups -OCH3 is 3. The lowest BCUT2D eigenvalue weighted by Crippen LogP contribution is -2.54. The summed E-state index contributed by atoms with van der Waals surface area (Å²) in [7, 11) is 4.19. The molecule has 4 amide bonds. The quantitative estimate of drug-likeness (QED) is 0.0737. The van der Waals surface area contributed by atoms with Crippen molar-refractivity contribution in [3.63, 3.8) is 0 Å². The van der Waals surface area contributed by atoms with E-state index >= 15 is 4.39 Å². The van der Waals surface area contributed by atoms with Gasteiger partial charge in [0.1, 0.15) is 29.5 Å². The third-order valence-corrected chi connectivity index (χ3v) is 14.8. The number of H-pyrrole nitrogens is 2. The monoisotopic (exact) mass is 950 g/mol. The Morgan fingerprint density at radius 2 is 1.19 bits per heavy atom. The molecule has 5 N–H and O–H groups in total. The maximum absolute atomic E-state index is 16.4. The minimum atomic E-state index is -1.30. The second kappa shape index (κ2) is 20.2. The lowest BCUT2D eigenvalue weighted by molar-refractivity contribution is -0.138. The molecule has 0 saturated carbocycles. The van der Waals surface area contributed by atoms with Gasteiger partial charge < -0.3 is 59.5 Å². The number of carbonyl (C=O) groups is 4. The summed E-state index contributed by atoms with van der Waals surface area (Å²) in [5, 5.41) is 14.5. The number of rotatable bonds is 14. The number of hydrogen-bond acceptors (Lipinski definition) is 11. The first-order chi connectivity index (χ1) is 33.4. The molecule has 0 bridgehead atoms. The van der Waals surface area contributed by atoms with E-state index in [1.54, 1.807) is 29.7 Å². The zero-order chi connectivity index (χ0) is 48.5. The van der Waals surface area contributed by atoms with Crippen LogP contribution >= 0.6 is 0 Å². The lowest BCUT2D eigenvalue weighted by Gasteiger charge is -2.34. The molecule has 2 aromatic heterocycles. The molecule has 3 aromatic carbocycles. The van der Waals surface area contributed by atoms with Crippen molar-refractivity contribution >= 4 is 57.4 Å². The highest BCUT2D eigenvalue weighted by molar-refractivity contribution is 5.88. The molecule has 0 unspecified atom stereocenters. The second-order valence-electron chi connectivity index (χ2n) is 18.8. The number of piperidine rings is 1. The molecule has 4 aliphatic heterocycles. The maximum Gasteiger partial charge on any atom is 0.407 e. The van der Waals surface area contributed by atoms with Crippen molar-refractivity contribution in [1.82, 2.24) is 40.4 Å². The topological polar surface area (TPSA) is 211 Å². The van der Waals surface area contributed by atoms with Gasteiger partial charge in [0.05, 0.1) is 71.2 Å². The minimum absolute atomic E-state index is 0.135. The molecule has 4 fully saturated rings. The molecule has 368 valence electrons. The summed E-state index contributed by atoms with van der Waals surface area (Å²) in [6, 6.07) is 15.0. The first kappa shape index (κ1) is 47.6. The summed E-state index contributed by atoms with van der Waals surface area (Å²) in [4.78, 5) is 76.6. The van der Waals surface area contributed by atoms with E-state index in [1.165, 1.54) is 21.3 Å². The van der Waals surface area contributed by atoms with Crippen LogP contribution in [0.25, 0.3) is 22.1 Å². The Morgan fingerprint density at radius 3 is 1.67 bits per heavy atom. The van der Waals surface area contributed by atoms with Gasteiger partial charge in [-0.2, -0.15) is 0 Å². The Balaban J connectivity index is 1.02. The number of hydrogen-bond donors (Lipinski definition) is 5. The van der Waals surface area contributed by atoms with Crippen LogP contribution in [0.1, 0.15) is 119 Å². The standard InChI is InChI=1S/C50H63FN10O8/c1-28(67-3)43(56-49(64)65)47(62)59-23-9-11-41(59)45-52-34-16-13-30(25-36(34)54-45)38-19-20-39(61(38)32-15-18-40(33(51)27-32)58-21-7-6-8-22-58)31-14-17-35-37(26-31)55-46(53-35)42-12-10-24-60(42)48(63)44(29(2)68-4)57-50(66)69-5/h13-18,25-29,38-39,41-44,56H,6-12,19-24H2,1-5H3,(H,52,54)(H,53,55)(H,57,66)(H,64,65)/t28-,29-,38+,39+,41+,42+,43+,44+/m1/s1. The highest BCUT2D eigenvalue weighted by atomic mass is 19.1. The van der Waals surface area contributed by atoms with Crippen LogP contribution in [0.4, 0.5) is 25.4 Å². The fourth-order valence-electron chi connectivity index (χ4n) is 11.0. The Labute approximate surface area is 400 Å². The van der Waals surface area contributed by atoms with E-state index in [9.17, 15) is 24.3 Å². The van der Waals surface area contributed by atoms with E-state index in [-0.39, 0.29) is 41.8 Å². The zero-order valence-corrected chi connectivity index (χ0v) is 39.9. The maximum atomic E-state index is 16.4. The predicted octanol–water partition coefficient (Wildman–Crippen LogP) is 7.41. The van der Waals surface area contributed by atoms with Gasteiger partial charge in [-0.25, -0.2) is 23.9 Å². The van der Waals surface area contributed by atoms with Crippen LogP contribution in [-0.4, -0.2) is 131 Å². The van der Waals surface area contributed by atoms with Crippen LogP contribution < -0.4 is 20.4 Å². The molecule has 8 atom stereocenters. The van der Waals surface area contributed by atoms with Crippen molar-refractivity contribution in [2.75, 3.05) is 57.3 Å². The number of aromatic nitrogens is 4. The summed E-state index contributed by atoms with van der Waals surface area (Å²) in [6.07, 6.45) is 4.34. The number of halogens is 1. The number of carboxylic acid groups (broad SMARTS) is 1. The van der Waals surface area contributed by atoms with Gasteiger partial charge in [0.15, 0.2) is 0 Å². The first-order valence-electron chi connectivity index (χ1n) is 24.2. The third kappa shape index (κ3) is 9.50. The van der Waals surface area contributed by atoms with Crippen LogP contribution in [0.15, 0.2) is 54.6 Å². The number of nitrogens with one attached hydrogen (secondary N) is 4. The molecular weight excluding hydrogens is 888 g/mol. The van der Waals surface area contributed by atoms with Gasteiger partial charge in [-0.05, 0) is 125 Å². The number of aromatic amines is 2. The number of ether oxygens (including phenoxy) is 3. The molecule has 4 saturated heterocycles. The summed E-state index contributed by atoms with van der Waals surface area (Å²) in [6.45, 7) is 6.00. The Hall–Kier alpha value is -6.47. The van der Waals surface area contributed by atoms with E-state index in [2.05, 4.69) is 54.7 Å². The Bertz CT molecular complexity index is 2690. The van der Waals surface area contributed by atoms with Gasteiger partial charge in [-0.15, -0.1) is 0 Å². The number of amides is 4. The number of likely N-dealkylation sites (tertiary alicyclic amines) is 2. The molecule has 0 spiro atoms. The normalized spacial score (nSPS) is 22.5. The number of carbonyl (C=O) groups excluding carboxylic acids is 3. The SMILES string of the molecule is COC(=O)N[C@H](C(=O)N1CCC[C@H]1c1nc2ccc([C@@H]3CC[C@@H](c4ccc5nc([C@@H]6CCCN6C(=O)[C@@H](NC(=O)O)[C@@H](C)OC)[nH]c5c4)N3c3ccc(N4CCCCC4)c(F)c3)cc2[nH]1)[C@@H](C)OC. The molecule has 4 aliphatic rings. The number of anilines is 2. The molecule has 9 rings (SSSR count). The van der Waals surface area contributed by atoms with Crippen LogP contribution in [-0.2, 0) is 23.8 Å². The van der Waals surface area contributed by atoms with Crippen LogP contribution in [0.5, 0.6) is 0 Å². The van der Waals surface area contributed by atoms with E-state index in [4.69, 9.17) is 24.2 Å². The number of fused-ring (bicyclic) bond motifs is 2. The molecule has 18 nitrogen and oxygen atoms in total. The Morgan fingerprint density at radius 1 is 0.667 bits per heavy atom. The molecule has 0 radical (unpaired) electrons. The van der Waals surface area contributed by atoms with Gasteiger partial charge in [-0.3, -0.25) is 9.59 Å². The fraction of sp³-hybridized carbons (Fsp3) is 0.520. The predicted molar refractivity (Wildman–Crippen MR) is 256 cm³/mol. The number of alkyl carbamates (subject to hydrolysis) is 1. The number of nitrogens with zero attached hydrogens (tertiary/aromatic N) is 6. The van der Waals surface area contributed by atoms with Crippen molar-refractivity contribution in [3.05, 3.63) is 83.2 Å². The van der Waals surface area contributed by atoms with Crippen molar-refractivity contribution in [3.8, 4) is 0 Å². The number of imidazole rings is 2. The van der Waals surface area contributed by atoms with E-state index in [0.29, 0.717) is 43.3 Å².